The van der Waals surface area contributed by atoms with Crippen molar-refractivity contribution in [2.24, 2.45) is 4.99 Å². The van der Waals surface area contributed by atoms with Gasteiger partial charge in [0.25, 0.3) is 5.91 Å². The van der Waals surface area contributed by atoms with E-state index in [2.05, 4.69) is 34.2 Å². The highest BCUT2D eigenvalue weighted by molar-refractivity contribution is 6.12. The van der Waals surface area contributed by atoms with E-state index < -0.39 is 0 Å². The number of ether oxygens (including phenoxy) is 1. The number of aliphatic imine (C=N–C) groups is 1. The number of amides is 1. The van der Waals surface area contributed by atoms with Crippen LogP contribution in [0.5, 0.6) is 0 Å². The smallest absolute Gasteiger partial charge is 0.305 e. The number of amidine groups is 1. The van der Waals surface area contributed by atoms with E-state index in [9.17, 15) is 9.59 Å². The summed E-state index contributed by atoms with van der Waals surface area (Å²) in [4.78, 5) is 33.5. The summed E-state index contributed by atoms with van der Waals surface area (Å²) in [6.07, 6.45) is 3.10. The van der Waals surface area contributed by atoms with Crippen LogP contribution in [0.4, 0.5) is 22.7 Å². The Morgan fingerprint density at radius 1 is 0.674 bits per heavy atom. The molecule has 1 heterocycles. The van der Waals surface area contributed by atoms with Crippen LogP contribution in [0.15, 0.2) is 150 Å². The van der Waals surface area contributed by atoms with Crippen LogP contribution in [-0.4, -0.2) is 29.7 Å². The number of nitrogens with zero attached hydrogens (tertiary/aromatic N) is 3. The SMILES string of the molecule is O=Cc1ccccc1/N=C1\O/C(=C/c2ccc(N(c3ccccc3)c3ccccc3)cc2)C(=O)N1CCc1ccccc1. The van der Waals surface area contributed by atoms with Gasteiger partial charge in [0.05, 0.1) is 5.69 Å². The van der Waals surface area contributed by atoms with Crippen LogP contribution in [0.2, 0.25) is 0 Å². The molecule has 1 saturated heterocycles. The first-order valence-electron chi connectivity index (χ1n) is 14.1. The molecule has 0 atom stereocenters. The second kappa shape index (κ2) is 12.8. The van der Waals surface area contributed by atoms with Crippen LogP contribution in [0, 0.1) is 0 Å². The van der Waals surface area contributed by atoms with Crippen molar-refractivity contribution in [3.05, 3.63) is 162 Å². The Bertz CT molecular complexity index is 1730. The highest BCUT2D eigenvalue weighted by Crippen LogP contribution is 2.34. The van der Waals surface area contributed by atoms with Gasteiger partial charge in [0.1, 0.15) is 0 Å². The second-order valence-corrected chi connectivity index (χ2v) is 9.97. The van der Waals surface area contributed by atoms with Gasteiger partial charge in [-0.15, -0.1) is 0 Å². The number of anilines is 3. The van der Waals surface area contributed by atoms with E-state index in [1.165, 1.54) is 4.90 Å². The number of aldehydes is 1. The van der Waals surface area contributed by atoms with E-state index in [-0.39, 0.29) is 17.7 Å². The summed E-state index contributed by atoms with van der Waals surface area (Å²) in [6, 6.07) is 45.4. The number of hydrogen-bond donors (Lipinski definition) is 0. The zero-order valence-electron chi connectivity index (χ0n) is 23.4. The van der Waals surface area contributed by atoms with Crippen molar-refractivity contribution in [1.82, 2.24) is 4.90 Å². The van der Waals surface area contributed by atoms with Gasteiger partial charge in [-0.3, -0.25) is 14.5 Å². The minimum absolute atomic E-state index is 0.150. The fourth-order valence-corrected chi connectivity index (χ4v) is 4.94. The van der Waals surface area contributed by atoms with E-state index >= 15 is 0 Å². The predicted octanol–water partition coefficient (Wildman–Crippen LogP) is 8.10. The largest absolute Gasteiger partial charge is 0.419 e. The molecule has 0 spiro atoms. The highest BCUT2D eigenvalue weighted by atomic mass is 16.5. The maximum absolute atomic E-state index is 13.6. The lowest BCUT2D eigenvalue weighted by molar-refractivity contribution is -0.122. The standard InChI is InChI=1S/C37H29N3O3/c41-27-30-14-10-11-19-34(30)38-37-39(25-24-28-12-4-1-5-13-28)36(42)35(43-37)26-29-20-22-33(23-21-29)40(31-15-6-2-7-16-31)32-17-8-3-9-18-32/h1-23,26-27H,24-25H2/b35-26+,38-37-. The molecule has 0 radical (unpaired) electrons. The number of carbonyl (C=O) groups excluding carboxylic acids is 2. The molecule has 1 aliphatic heterocycles. The van der Waals surface area contributed by atoms with Crippen molar-refractivity contribution in [2.45, 2.75) is 6.42 Å². The molecule has 6 heteroatoms. The van der Waals surface area contributed by atoms with Gasteiger partial charge in [-0.1, -0.05) is 91.0 Å². The highest BCUT2D eigenvalue weighted by Gasteiger charge is 2.35. The van der Waals surface area contributed by atoms with Crippen LogP contribution in [0.3, 0.4) is 0 Å². The topological polar surface area (TPSA) is 62.2 Å². The number of para-hydroxylation sites is 3. The van der Waals surface area contributed by atoms with E-state index in [1.54, 1.807) is 30.3 Å². The van der Waals surface area contributed by atoms with Gasteiger partial charge in [0.2, 0.25) is 0 Å². The summed E-state index contributed by atoms with van der Waals surface area (Å²) in [5, 5.41) is 0. The van der Waals surface area contributed by atoms with Gasteiger partial charge < -0.3 is 9.64 Å². The Kier molecular flexibility index (Phi) is 8.18. The number of hydrogen-bond acceptors (Lipinski definition) is 5. The van der Waals surface area contributed by atoms with E-state index in [0.717, 1.165) is 34.5 Å². The summed E-state index contributed by atoms with van der Waals surface area (Å²) in [7, 11) is 0. The summed E-state index contributed by atoms with van der Waals surface area (Å²) in [5.41, 5.74) is 5.83. The lowest BCUT2D eigenvalue weighted by Gasteiger charge is -2.25. The van der Waals surface area contributed by atoms with E-state index in [1.807, 2.05) is 91.0 Å². The summed E-state index contributed by atoms with van der Waals surface area (Å²) < 4.78 is 6.06. The predicted molar refractivity (Wildman–Crippen MR) is 171 cm³/mol. The van der Waals surface area contributed by atoms with Gasteiger partial charge in [-0.05, 0) is 72.2 Å². The Morgan fingerprint density at radius 3 is 1.86 bits per heavy atom. The molecule has 5 aromatic rings. The maximum Gasteiger partial charge on any atom is 0.305 e. The molecule has 1 aliphatic rings. The summed E-state index contributed by atoms with van der Waals surface area (Å²) in [5.74, 6) is -0.108. The maximum atomic E-state index is 13.6. The lowest BCUT2D eigenvalue weighted by atomic mass is 10.1. The summed E-state index contributed by atoms with van der Waals surface area (Å²) in [6.45, 7) is 0.379. The quantitative estimate of drug-likeness (QED) is 0.134. The van der Waals surface area contributed by atoms with Crippen LogP contribution < -0.4 is 4.90 Å². The van der Waals surface area contributed by atoms with Crippen LogP contribution in [0.25, 0.3) is 6.08 Å². The minimum Gasteiger partial charge on any atom is -0.419 e. The van der Waals surface area contributed by atoms with Crippen LogP contribution in [-0.2, 0) is 16.0 Å². The third-order valence-corrected chi connectivity index (χ3v) is 7.11. The average molecular weight is 564 g/mol. The average Bonchev–Trinajstić information content (AvgIpc) is 3.35. The molecule has 0 bridgehead atoms. The second-order valence-electron chi connectivity index (χ2n) is 9.97. The molecule has 43 heavy (non-hydrogen) atoms. The van der Waals surface area contributed by atoms with Crippen LogP contribution >= 0.6 is 0 Å². The van der Waals surface area contributed by atoms with Gasteiger partial charge in [0, 0.05) is 29.2 Å². The first-order chi connectivity index (χ1) is 21.2. The molecular weight excluding hydrogens is 534 g/mol. The number of carbonyl (C=O) groups is 2. The molecular formula is C37H29N3O3. The zero-order valence-corrected chi connectivity index (χ0v) is 23.4. The Balaban J connectivity index is 1.30. The van der Waals surface area contributed by atoms with Crippen molar-refractivity contribution in [3.8, 4) is 0 Å². The summed E-state index contributed by atoms with van der Waals surface area (Å²) >= 11 is 0. The van der Waals surface area contributed by atoms with Gasteiger partial charge >= 0.3 is 6.02 Å². The molecule has 0 unspecified atom stereocenters. The molecule has 5 aromatic carbocycles. The van der Waals surface area contributed by atoms with Crippen molar-refractivity contribution in [1.29, 1.82) is 0 Å². The first-order valence-corrected chi connectivity index (χ1v) is 14.1. The van der Waals surface area contributed by atoms with Crippen molar-refractivity contribution in [2.75, 3.05) is 11.4 Å². The Labute approximate surface area is 250 Å². The minimum atomic E-state index is -0.280. The lowest BCUT2D eigenvalue weighted by Crippen LogP contribution is -2.31. The molecule has 1 amide bonds. The molecule has 210 valence electrons. The fourth-order valence-electron chi connectivity index (χ4n) is 4.94. The fraction of sp³-hybridized carbons (Fsp3) is 0.0541. The van der Waals surface area contributed by atoms with Gasteiger partial charge in [0.15, 0.2) is 12.0 Å². The molecule has 0 N–H and O–H groups in total. The van der Waals surface area contributed by atoms with Crippen molar-refractivity contribution < 1.29 is 14.3 Å². The van der Waals surface area contributed by atoms with Crippen LogP contribution in [0.1, 0.15) is 21.5 Å². The van der Waals surface area contributed by atoms with Crippen molar-refractivity contribution >= 4 is 47.0 Å². The molecule has 6 nitrogen and oxygen atoms in total. The first kappa shape index (κ1) is 27.4. The number of rotatable bonds is 9. The van der Waals surface area contributed by atoms with Gasteiger partial charge in [-0.25, -0.2) is 0 Å². The Hall–Kier alpha value is -5.75. The third kappa shape index (κ3) is 6.29. The van der Waals surface area contributed by atoms with Crippen molar-refractivity contribution in [3.63, 3.8) is 0 Å². The van der Waals surface area contributed by atoms with E-state index in [0.29, 0.717) is 24.2 Å². The Morgan fingerprint density at radius 2 is 1.23 bits per heavy atom. The molecule has 0 aliphatic carbocycles. The normalized spacial score (nSPS) is 14.6. The van der Waals surface area contributed by atoms with Gasteiger partial charge in [-0.2, -0.15) is 4.99 Å². The third-order valence-electron chi connectivity index (χ3n) is 7.11. The monoisotopic (exact) mass is 563 g/mol. The molecule has 6 rings (SSSR count). The van der Waals surface area contributed by atoms with E-state index in [4.69, 9.17) is 4.74 Å². The molecule has 0 aromatic heterocycles. The zero-order chi connectivity index (χ0) is 29.4. The number of benzene rings is 5. The molecule has 1 fully saturated rings. The molecule has 0 saturated carbocycles.